The molecule has 0 radical (unpaired) electrons. The van der Waals surface area contributed by atoms with Crippen molar-refractivity contribution in [3.05, 3.63) is 43.8 Å². The Hall–Kier alpha value is -1.63. The van der Waals surface area contributed by atoms with Crippen molar-refractivity contribution in [2.24, 2.45) is 0 Å². The summed E-state index contributed by atoms with van der Waals surface area (Å²) >= 11 is 13.2. The SMILES string of the molecule is Cc1nc(CC(=O)Nc2c(Cl)cc(Cl)cc2C(=O)O)cs1. The average molecular weight is 345 g/mol. The zero-order valence-corrected chi connectivity index (χ0v) is 13.1. The van der Waals surface area contributed by atoms with Gasteiger partial charge >= 0.3 is 5.97 Å². The fraction of sp³-hybridized carbons (Fsp3) is 0.154. The molecule has 2 rings (SSSR count). The molecule has 1 aromatic heterocycles. The third kappa shape index (κ3) is 3.93. The van der Waals surface area contributed by atoms with Crippen LogP contribution in [0.15, 0.2) is 17.5 Å². The van der Waals surface area contributed by atoms with Gasteiger partial charge in [-0.1, -0.05) is 23.2 Å². The van der Waals surface area contributed by atoms with Crippen molar-refractivity contribution < 1.29 is 14.7 Å². The van der Waals surface area contributed by atoms with Gasteiger partial charge in [0.2, 0.25) is 5.91 Å². The van der Waals surface area contributed by atoms with E-state index in [4.69, 9.17) is 28.3 Å². The van der Waals surface area contributed by atoms with Crippen LogP contribution in [0.3, 0.4) is 0 Å². The summed E-state index contributed by atoms with van der Waals surface area (Å²) in [4.78, 5) is 27.3. The van der Waals surface area contributed by atoms with Gasteiger partial charge < -0.3 is 10.4 Å². The van der Waals surface area contributed by atoms with Crippen LogP contribution in [-0.4, -0.2) is 22.0 Å². The van der Waals surface area contributed by atoms with Gasteiger partial charge in [0, 0.05) is 10.4 Å². The molecule has 5 nitrogen and oxygen atoms in total. The van der Waals surface area contributed by atoms with E-state index >= 15 is 0 Å². The van der Waals surface area contributed by atoms with Crippen molar-refractivity contribution in [2.75, 3.05) is 5.32 Å². The largest absolute Gasteiger partial charge is 0.478 e. The highest BCUT2D eigenvalue weighted by Gasteiger charge is 2.18. The van der Waals surface area contributed by atoms with Crippen LogP contribution in [0.2, 0.25) is 10.0 Å². The van der Waals surface area contributed by atoms with E-state index < -0.39 is 11.9 Å². The first-order valence-corrected chi connectivity index (χ1v) is 7.43. The number of amides is 1. The van der Waals surface area contributed by atoms with Crippen molar-refractivity contribution in [3.63, 3.8) is 0 Å². The Bertz CT molecular complexity index is 715. The van der Waals surface area contributed by atoms with Gasteiger partial charge in [-0.2, -0.15) is 0 Å². The molecule has 0 atom stereocenters. The molecule has 0 aliphatic rings. The molecular formula is C13H10Cl2N2O3S. The minimum Gasteiger partial charge on any atom is -0.478 e. The van der Waals surface area contributed by atoms with E-state index in [0.717, 1.165) is 5.01 Å². The molecule has 21 heavy (non-hydrogen) atoms. The molecule has 0 saturated heterocycles. The van der Waals surface area contributed by atoms with Gasteiger partial charge in [-0.05, 0) is 19.1 Å². The molecule has 0 bridgehead atoms. The summed E-state index contributed by atoms with van der Waals surface area (Å²) in [7, 11) is 0. The van der Waals surface area contributed by atoms with E-state index in [1.165, 1.54) is 23.5 Å². The number of aromatic nitrogens is 1. The molecule has 2 N–H and O–H groups in total. The summed E-state index contributed by atoms with van der Waals surface area (Å²) in [5.41, 5.74) is 0.498. The number of aryl methyl sites for hydroxylation is 1. The highest BCUT2D eigenvalue weighted by atomic mass is 35.5. The first-order chi connectivity index (χ1) is 9.86. The fourth-order valence-electron chi connectivity index (χ4n) is 1.71. The number of carbonyl (C=O) groups excluding carboxylic acids is 1. The average Bonchev–Trinajstić information content (AvgIpc) is 2.77. The number of anilines is 1. The predicted molar refractivity (Wildman–Crippen MR) is 82.6 cm³/mol. The molecule has 8 heteroatoms. The van der Waals surface area contributed by atoms with E-state index in [9.17, 15) is 9.59 Å². The topological polar surface area (TPSA) is 79.3 Å². The lowest BCUT2D eigenvalue weighted by atomic mass is 10.1. The van der Waals surface area contributed by atoms with Crippen molar-refractivity contribution >= 4 is 52.1 Å². The van der Waals surface area contributed by atoms with Crippen LogP contribution in [0, 0.1) is 6.92 Å². The monoisotopic (exact) mass is 344 g/mol. The Morgan fingerprint density at radius 3 is 2.67 bits per heavy atom. The van der Waals surface area contributed by atoms with Crippen LogP contribution in [-0.2, 0) is 11.2 Å². The van der Waals surface area contributed by atoms with Gasteiger partial charge in [-0.15, -0.1) is 11.3 Å². The first-order valence-electron chi connectivity index (χ1n) is 5.80. The van der Waals surface area contributed by atoms with Gasteiger partial charge in [0.05, 0.1) is 33.4 Å². The van der Waals surface area contributed by atoms with Gasteiger partial charge in [0.1, 0.15) is 0 Å². The fourth-order valence-corrected chi connectivity index (χ4v) is 2.86. The number of hydrogen-bond donors (Lipinski definition) is 2. The number of carboxylic acids is 1. The van der Waals surface area contributed by atoms with Crippen molar-refractivity contribution in [2.45, 2.75) is 13.3 Å². The van der Waals surface area contributed by atoms with Crippen LogP contribution >= 0.6 is 34.5 Å². The zero-order valence-electron chi connectivity index (χ0n) is 10.8. The first kappa shape index (κ1) is 15.8. The summed E-state index contributed by atoms with van der Waals surface area (Å²) in [6.07, 6.45) is 0.0440. The number of nitrogens with one attached hydrogen (secondary N) is 1. The number of thiazole rings is 1. The lowest BCUT2D eigenvalue weighted by molar-refractivity contribution is -0.115. The second-order valence-corrected chi connectivity index (χ2v) is 6.10. The Kier molecular flexibility index (Phi) is 4.82. The molecule has 2 aromatic rings. The summed E-state index contributed by atoms with van der Waals surface area (Å²) in [5.74, 6) is -1.62. The van der Waals surface area contributed by atoms with Crippen LogP contribution < -0.4 is 5.32 Å². The quantitative estimate of drug-likeness (QED) is 0.887. The molecule has 0 saturated carbocycles. The second kappa shape index (κ2) is 6.43. The predicted octanol–water partition coefficient (Wildman–Crippen LogP) is 3.64. The minimum absolute atomic E-state index is 0.0329. The van der Waals surface area contributed by atoms with Crippen molar-refractivity contribution in [1.82, 2.24) is 4.98 Å². The number of halogens is 2. The molecule has 0 spiro atoms. The molecular weight excluding hydrogens is 335 g/mol. The molecule has 1 aromatic carbocycles. The molecule has 1 amide bonds. The van der Waals surface area contributed by atoms with Gasteiger partial charge in [0.15, 0.2) is 0 Å². The maximum atomic E-state index is 12.0. The third-order valence-electron chi connectivity index (χ3n) is 2.56. The zero-order chi connectivity index (χ0) is 15.6. The molecule has 0 aliphatic heterocycles. The number of nitrogens with zero attached hydrogens (tertiary/aromatic N) is 1. The van der Waals surface area contributed by atoms with E-state index in [2.05, 4.69) is 10.3 Å². The van der Waals surface area contributed by atoms with Gasteiger partial charge in [-0.3, -0.25) is 4.79 Å². The lowest BCUT2D eigenvalue weighted by Crippen LogP contribution is -2.17. The van der Waals surface area contributed by atoms with Crippen LogP contribution in [0.4, 0.5) is 5.69 Å². The highest BCUT2D eigenvalue weighted by molar-refractivity contribution is 7.09. The Labute approximate surface area is 134 Å². The van der Waals surface area contributed by atoms with Crippen LogP contribution in [0.1, 0.15) is 21.1 Å². The molecule has 0 aliphatic carbocycles. The van der Waals surface area contributed by atoms with Gasteiger partial charge in [-0.25, -0.2) is 9.78 Å². The standard InChI is InChI=1S/C13H10Cl2N2O3S/c1-6-16-8(5-21-6)4-11(18)17-12-9(13(19)20)2-7(14)3-10(12)15/h2-3,5H,4H2,1H3,(H,17,18)(H,19,20). The second-order valence-electron chi connectivity index (χ2n) is 4.20. The minimum atomic E-state index is -1.22. The number of hydrogen-bond acceptors (Lipinski definition) is 4. The highest BCUT2D eigenvalue weighted by Crippen LogP contribution is 2.30. The van der Waals surface area contributed by atoms with Gasteiger partial charge in [0.25, 0.3) is 0 Å². The van der Waals surface area contributed by atoms with E-state index in [1.807, 2.05) is 6.92 Å². The number of carbonyl (C=O) groups is 2. The van der Waals surface area contributed by atoms with Crippen LogP contribution in [0.5, 0.6) is 0 Å². The van der Waals surface area contributed by atoms with E-state index in [0.29, 0.717) is 5.69 Å². The van der Waals surface area contributed by atoms with Crippen molar-refractivity contribution in [3.8, 4) is 0 Å². The Morgan fingerprint density at radius 1 is 1.38 bits per heavy atom. The van der Waals surface area contributed by atoms with Crippen molar-refractivity contribution in [1.29, 1.82) is 0 Å². The molecule has 0 fully saturated rings. The number of rotatable bonds is 4. The molecule has 1 heterocycles. The summed E-state index contributed by atoms with van der Waals surface area (Å²) < 4.78 is 0. The summed E-state index contributed by atoms with van der Waals surface area (Å²) in [6, 6.07) is 2.61. The lowest BCUT2D eigenvalue weighted by Gasteiger charge is -2.10. The number of aromatic carboxylic acids is 1. The molecule has 110 valence electrons. The number of carboxylic acid groups (broad SMARTS) is 1. The maximum Gasteiger partial charge on any atom is 0.337 e. The normalized spacial score (nSPS) is 10.4. The Morgan fingerprint density at radius 2 is 2.10 bits per heavy atom. The summed E-state index contributed by atoms with van der Waals surface area (Å²) in [5, 5.41) is 14.5. The van der Waals surface area contributed by atoms with Crippen LogP contribution in [0.25, 0.3) is 0 Å². The smallest absolute Gasteiger partial charge is 0.337 e. The maximum absolute atomic E-state index is 12.0. The van der Waals surface area contributed by atoms with E-state index in [-0.39, 0.29) is 27.7 Å². The number of benzene rings is 1. The third-order valence-corrected chi connectivity index (χ3v) is 3.90. The molecule has 0 unspecified atom stereocenters. The Balaban J connectivity index is 2.22. The summed E-state index contributed by atoms with van der Waals surface area (Å²) in [6.45, 7) is 1.84. The van der Waals surface area contributed by atoms with E-state index in [1.54, 1.807) is 5.38 Å².